The van der Waals surface area contributed by atoms with Crippen LogP contribution in [0.4, 0.5) is 0 Å². The monoisotopic (exact) mass is 298 g/mol. The van der Waals surface area contributed by atoms with Crippen molar-refractivity contribution < 1.29 is 9.47 Å². The lowest BCUT2D eigenvalue weighted by molar-refractivity contribution is 0.0619. The number of ether oxygens (including phenoxy) is 2. The van der Waals surface area contributed by atoms with Crippen LogP contribution >= 0.6 is 11.6 Å². The van der Waals surface area contributed by atoms with E-state index >= 15 is 0 Å². The zero-order valence-corrected chi connectivity index (χ0v) is 12.9. The summed E-state index contributed by atoms with van der Waals surface area (Å²) in [6, 6.07) is 2.00. The van der Waals surface area contributed by atoms with E-state index in [0.29, 0.717) is 0 Å². The summed E-state index contributed by atoms with van der Waals surface area (Å²) >= 11 is 6.25. The van der Waals surface area contributed by atoms with Gasteiger partial charge in [0.05, 0.1) is 17.7 Å². The Bertz CT molecular complexity index is 430. The predicted molar refractivity (Wildman–Crippen MR) is 80.2 cm³/mol. The molecule has 1 aromatic rings. The average molecular weight is 299 g/mol. The highest BCUT2D eigenvalue weighted by molar-refractivity contribution is 6.31. The van der Waals surface area contributed by atoms with Crippen LogP contribution in [0, 0.1) is 5.41 Å². The van der Waals surface area contributed by atoms with Crippen molar-refractivity contribution in [3.63, 3.8) is 0 Å². The van der Waals surface area contributed by atoms with Gasteiger partial charge in [0.15, 0.2) is 0 Å². The molecule has 1 saturated heterocycles. The molecule has 20 heavy (non-hydrogen) atoms. The Morgan fingerprint density at radius 2 is 2.45 bits per heavy atom. The van der Waals surface area contributed by atoms with E-state index in [4.69, 9.17) is 21.1 Å². The van der Waals surface area contributed by atoms with Crippen molar-refractivity contribution in [3.05, 3.63) is 29.0 Å². The fourth-order valence-electron chi connectivity index (χ4n) is 2.78. The van der Waals surface area contributed by atoms with Gasteiger partial charge >= 0.3 is 0 Å². The fraction of sp³-hybridized carbons (Fsp3) is 0.667. The van der Waals surface area contributed by atoms with Crippen LogP contribution in [0.2, 0.25) is 5.02 Å². The van der Waals surface area contributed by atoms with Crippen molar-refractivity contribution in [1.29, 1.82) is 0 Å². The van der Waals surface area contributed by atoms with Crippen LogP contribution in [0.1, 0.15) is 18.9 Å². The number of aromatic nitrogens is 1. The van der Waals surface area contributed by atoms with E-state index < -0.39 is 0 Å². The lowest BCUT2D eigenvalue weighted by Gasteiger charge is -2.33. The molecule has 1 aromatic heterocycles. The van der Waals surface area contributed by atoms with Gasteiger partial charge in [-0.15, -0.1) is 0 Å². The van der Waals surface area contributed by atoms with E-state index in [1.54, 1.807) is 19.5 Å². The molecule has 2 rings (SSSR count). The Kier molecular flexibility index (Phi) is 5.78. The summed E-state index contributed by atoms with van der Waals surface area (Å²) in [5, 5.41) is 4.21. The van der Waals surface area contributed by atoms with Gasteiger partial charge in [0.1, 0.15) is 0 Å². The molecule has 112 valence electrons. The SMILES string of the molecule is COCCNCC1(Cc2ccncc2Cl)CCOC1C. The maximum Gasteiger partial charge on any atom is 0.0621 e. The number of nitrogens with one attached hydrogen (secondary N) is 1. The molecule has 0 amide bonds. The van der Waals surface area contributed by atoms with E-state index in [0.717, 1.165) is 49.7 Å². The Balaban J connectivity index is 2.06. The third-order valence-corrected chi connectivity index (χ3v) is 4.53. The molecular formula is C15H23ClN2O2. The molecule has 1 aliphatic heterocycles. The molecule has 1 N–H and O–H groups in total. The summed E-state index contributed by atoms with van der Waals surface area (Å²) in [6.07, 6.45) is 5.70. The standard InChI is InChI=1S/C15H23ClN2O2/c1-12-15(4-7-20-12,11-18-6-8-19-2)9-13-3-5-17-10-14(13)16/h3,5,10,12,18H,4,6-9,11H2,1-2H3. The summed E-state index contributed by atoms with van der Waals surface area (Å²) in [4.78, 5) is 4.05. The average Bonchev–Trinajstić information content (AvgIpc) is 2.79. The first-order valence-corrected chi connectivity index (χ1v) is 7.45. The van der Waals surface area contributed by atoms with Gasteiger partial charge in [0, 0.05) is 44.6 Å². The summed E-state index contributed by atoms with van der Waals surface area (Å²) in [6.45, 7) is 5.46. The Labute approximate surface area is 125 Å². The van der Waals surface area contributed by atoms with E-state index in [1.807, 2.05) is 6.07 Å². The number of halogens is 1. The van der Waals surface area contributed by atoms with E-state index in [9.17, 15) is 0 Å². The number of hydrogen-bond acceptors (Lipinski definition) is 4. The molecule has 5 heteroatoms. The number of nitrogens with zero attached hydrogens (tertiary/aromatic N) is 1. The van der Waals surface area contributed by atoms with Gasteiger partial charge in [-0.05, 0) is 31.4 Å². The first-order valence-electron chi connectivity index (χ1n) is 7.07. The van der Waals surface area contributed by atoms with Crippen LogP contribution < -0.4 is 5.32 Å². The predicted octanol–water partition coefficient (Wildman–Crippen LogP) is 2.31. The molecule has 2 atom stereocenters. The molecule has 0 aliphatic carbocycles. The van der Waals surface area contributed by atoms with Crippen molar-refractivity contribution in [3.8, 4) is 0 Å². The summed E-state index contributed by atoms with van der Waals surface area (Å²) in [5.74, 6) is 0. The highest BCUT2D eigenvalue weighted by Crippen LogP contribution is 2.38. The minimum atomic E-state index is 0.0960. The molecule has 1 fully saturated rings. The van der Waals surface area contributed by atoms with Crippen LogP contribution in [0.15, 0.2) is 18.5 Å². The number of hydrogen-bond donors (Lipinski definition) is 1. The number of methoxy groups -OCH3 is 1. The van der Waals surface area contributed by atoms with Crippen molar-refractivity contribution in [2.75, 3.05) is 33.4 Å². The van der Waals surface area contributed by atoms with Gasteiger partial charge in [0.2, 0.25) is 0 Å². The Morgan fingerprint density at radius 1 is 1.60 bits per heavy atom. The van der Waals surface area contributed by atoms with Gasteiger partial charge in [-0.25, -0.2) is 0 Å². The third kappa shape index (κ3) is 3.70. The third-order valence-electron chi connectivity index (χ3n) is 4.19. The lowest BCUT2D eigenvalue weighted by Crippen LogP contribution is -2.42. The molecular weight excluding hydrogens is 276 g/mol. The fourth-order valence-corrected chi connectivity index (χ4v) is 2.97. The van der Waals surface area contributed by atoms with Crippen LogP contribution in [0.3, 0.4) is 0 Å². The van der Waals surface area contributed by atoms with E-state index in [1.165, 1.54) is 0 Å². The van der Waals surface area contributed by atoms with E-state index in [-0.39, 0.29) is 11.5 Å². The van der Waals surface area contributed by atoms with Gasteiger partial charge in [-0.1, -0.05) is 11.6 Å². The van der Waals surface area contributed by atoms with Gasteiger partial charge in [0.25, 0.3) is 0 Å². The van der Waals surface area contributed by atoms with E-state index in [2.05, 4.69) is 17.2 Å². The van der Waals surface area contributed by atoms with Gasteiger partial charge in [-0.2, -0.15) is 0 Å². The first kappa shape index (κ1) is 15.7. The highest BCUT2D eigenvalue weighted by atomic mass is 35.5. The van der Waals surface area contributed by atoms with Crippen LogP contribution in [-0.2, 0) is 15.9 Å². The maximum absolute atomic E-state index is 6.25. The van der Waals surface area contributed by atoms with Crippen molar-refractivity contribution in [2.24, 2.45) is 5.41 Å². The van der Waals surface area contributed by atoms with Crippen LogP contribution in [-0.4, -0.2) is 44.5 Å². The lowest BCUT2D eigenvalue weighted by atomic mass is 9.76. The molecule has 4 nitrogen and oxygen atoms in total. The smallest absolute Gasteiger partial charge is 0.0621 e. The Morgan fingerprint density at radius 3 is 3.10 bits per heavy atom. The van der Waals surface area contributed by atoms with Crippen molar-refractivity contribution in [2.45, 2.75) is 25.9 Å². The quantitative estimate of drug-likeness (QED) is 0.785. The Hall–Kier alpha value is -0.680. The summed E-state index contributed by atoms with van der Waals surface area (Å²) in [5.41, 5.74) is 1.24. The summed E-state index contributed by atoms with van der Waals surface area (Å²) < 4.78 is 10.9. The van der Waals surface area contributed by atoms with Gasteiger partial charge < -0.3 is 14.8 Å². The molecule has 0 radical (unpaired) electrons. The minimum absolute atomic E-state index is 0.0960. The first-order chi connectivity index (χ1) is 9.68. The van der Waals surface area contributed by atoms with Gasteiger partial charge in [-0.3, -0.25) is 4.98 Å². The minimum Gasteiger partial charge on any atom is -0.383 e. The summed E-state index contributed by atoms with van der Waals surface area (Å²) in [7, 11) is 1.72. The van der Waals surface area contributed by atoms with Crippen molar-refractivity contribution >= 4 is 11.6 Å². The second kappa shape index (κ2) is 7.36. The van der Waals surface area contributed by atoms with Crippen molar-refractivity contribution in [1.82, 2.24) is 10.3 Å². The zero-order chi connectivity index (χ0) is 14.4. The van der Waals surface area contributed by atoms with Crippen LogP contribution in [0.25, 0.3) is 0 Å². The second-order valence-electron chi connectivity index (χ2n) is 5.44. The molecule has 2 heterocycles. The highest BCUT2D eigenvalue weighted by Gasteiger charge is 2.41. The second-order valence-corrected chi connectivity index (χ2v) is 5.85. The molecule has 0 bridgehead atoms. The van der Waals surface area contributed by atoms with Crippen LogP contribution in [0.5, 0.6) is 0 Å². The maximum atomic E-state index is 6.25. The molecule has 1 aliphatic rings. The zero-order valence-electron chi connectivity index (χ0n) is 12.2. The molecule has 0 spiro atoms. The molecule has 0 saturated carbocycles. The largest absolute Gasteiger partial charge is 0.383 e. The molecule has 0 aromatic carbocycles. The normalized spacial score (nSPS) is 26.1. The molecule has 2 unspecified atom stereocenters. The number of pyridine rings is 1. The number of rotatable bonds is 7. The topological polar surface area (TPSA) is 43.4 Å².